The van der Waals surface area contributed by atoms with Gasteiger partial charge in [-0.25, -0.2) is 0 Å². The van der Waals surface area contributed by atoms with E-state index in [4.69, 9.17) is 9.47 Å². The van der Waals surface area contributed by atoms with Gasteiger partial charge in [0, 0.05) is 39.6 Å². The molecule has 0 bridgehead atoms. The Balaban J connectivity index is 2.16. The van der Waals surface area contributed by atoms with Gasteiger partial charge in [-0.1, -0.05) is 12.1 Å². The zero-order valence-electron chi connectivity index (χ0n) is 14.8. The van der Waals surface area contributed by atoms with Gasteiger partial charge in [-0.2, -0.15) is 0 Å². The topological polar surface area (TPSA) is 47.6 Å². The summed E-state index contributed by atoms with van der Waals surface area (Å²) in [5, 5.41) is 3.58. The van der Waals surface area contributed by atoms with E-state index >= 15 is 0 Å². The molecule has 24 heavy (non-hydrogen) atoms. The third kappa shape index (κ3) is 4.36. The lowest BCUT2D eigenvalue weighted by atomic mass is 10.0. The van der Waals surface area contributed by atoms with Crippen molar-refractivity contribution in [2.75, 3.05) is 20.5 Å². The molecule has 0 unspecified atom stereocenters. The lowest BCUT2D eigenvalue weighted by Crippen LogP contribution is -2.23. The second kappa shape index (κ2) is 8.31. The molecule has 0 saturated heterocycles. The monoisotopic (exact) mass is 347 g/mol. The Bertz CT molecular complexity index is 700. The van der Waals surface area contributed by atoms with Crippen LogP contribution < -0.4 is 14.8 Å². The van der Waals surface area contributed by atoms with Crippen LogP contribution in [0.1, 0.15) is 37.1 Å². The first-order valence-corrected chi connectivity index (χ1v) is 9.43. The minimum atomic E-state index is -0.950. The molecular formula is C19H25NO3S. The van der Waals surface area contributed by atoms with Gasteiger partial charge in [-0.05, 0) is 49.7 Å². The van der Waals surface area contributed by atoms with Gasteiger partial charge in [0.25, 0.3) is 0 Å². The number of hydrogen-bond donors (Lipinski definition) is 1. The molecule has 0 saturated carbocycles. The molecule has 5 heteroatoms. The van der Waals surface area contributed by atoms with Gasteiger partial charge in [0.2, 0.25) is 0 Å². The normalized spacial score (nSPS) is 14.7. The first-order valence-electron chi connectivity index (χ1n) is 7.87. The van der Waals surface area contributed by atoms with Crippen LogP contribution in [-0.4, -0.2) is 24.7 Å². The van der Waals surface area contributed by atoms with E-state index in [-0.39, 0.29) is 12.1 Å². The highest BCUT2D eigenvalue weighted by molar-refractivity contribution is 7.84. The number of benzene rings is 2. The van der Waals surface area contributed by atoms with E-state index in [1.165, 1.54) is 0 Å². The lowest BCUT2D eigenvalue weighted by molar-refractivity contribution is 0.387. The molecule has 0 radical (unpaired) electrons. The lowest BCUT2D eigenvalue weighted by Gasteiger charge is -2.23. The predicted molar refractivity (Wildman–Crippen MR) is 98.3 cm³/mol. The van der Waals surface area contributed by atoms with Crippen LogP contribution in [0.5, 0.6) is 11.5 Å². The van der Waals surface area contributed by atoms with Crippen molar-refractivity contribution >= 4 is 10.8 Å². The van der Waals surface area contributed by atoms with E-state index in [0.29, 0.717) is 0 Å². The fourth-order valence-corrected chi connectivity index (χ4v) is 3.21. The fraction of sp³-hybridized carbons (Fsp3) is 0.368. The average Bonchev–Trinajstić information content (AvgIpc) is 2.60. The number of ether oxygens (including phenoxy) is 2. The largest absolute Gasteiger partial charge is 0.497 e. The van der Waals surface area contributed by atoms with Crippen molar-refractivity contribution in [3.8, 4) is 11.5 Å². The van der Waals surface area contributed by atoms with Crippen LogP contribution in [-0.2, 0) is 10.8 Å². The van der Waals surface area contributed by atoms with E-state index in [1.807, 2.05) is 42.5 Å². The van der Waals surface area contributed by atoms with Crippen LogP contribution in [0.25, 0.3) is 0 Å². The van der Waals surface area contributed by atoms with E-state index in [1.54, 1.807) is 20.5 Å². The first-order chi connectivity index (χ1) is 11.5. The Labute approximate surface area is 146 Å². The third-order valence-corrected chi connectivity index (χ3v) is 5.05. The summed E-state index contributed by atoms with van der Waals surface area (Å²) in [5.41, 5.74) is 2.20. The van der Waals surface area contributed by atoms with Crippen molar-refractivity contribution in [2.45, 2.75) is 30.8 Å². The van der Waals surface area contributed by atoms with Gasteiger partial charge in [-0.3, -0.25) is 4.21 Å². The van der Waals surface area contributed by atoms with Crippen molar-refractivity contribution in [1.82, 2.24) is 5.32 Å². The van der Waals surface area contributed by atoms with Crippen molar-refractivity contribution in [1.29, 1.82) is 0 Å². The molecule has 2 rings (SSSR count). The number of nitrogens with one attached hydrogen (secondary N) is 1. The predicted octanol–water partition coefficient (Wildman–Crippen LogP) is 3.85. The molecule has 0 spiro atoms. The van der Waals surface area contributed by atoms with E-state index in [0.717, 1.165) is 27.5 Å². The summed E-state index contributed by atoms with van der Waals surface area (Å²) in [7, 11) is 2.38. The minimum Gasteiger partial charge on any atom is -0.497 e. The molecule has 130 valence electrons. The van der Waals surface area contributed by atoms with E-state index < -0.39 is 10.8 Å². The molecule has 4 nitrogen and oxygen atoms in total. The fourth-order valence-electron chi connectivity index (χ4n) is 2.69. The van der Waals surface area contributed by atoms with Crippen molar-refractivity contribution in [3.05, 3.63) is 53.6 Å². The Morgan fingerprint density at radius 2 is 1.62 bits per heavy atom. The van der Waals surface area contributed by atoms with E-state index in [9.17, 15) is 4.21 Å². The average molecular weight is 347 g/mol. The van der Waals surface area contributed by atoms with Crippen LogP contribution in [0.2, 0.25) is 0 Å². The maximum atomic E-state index is 11.5. The third-order valence-electron chi connectivity index (χ3n) is 4.12. The summed E-state index contributed by atoms with van der Waals surface area (Å²) in [6, 6.07) is 13.9. The molecule has 0 heterocycles. The van der Waals surface area contributed by atoms with Gasteiger partial charge in [-0.15, -0.1) is 0 Å². The van der Waals surface area contributed by atoms with Crippen LogP contribution in [0.4, 0.5) is 0 Å². The highest BCUT2D eigenvalue weighted by Gasteiger charge is 2.16. The molecular weight excluding hydrogens is 322 g/mol. The molecule has 1 N–H and O–H groups in total. The Morgan fingerprint density at radius 3 is 2.17 bits per heavy atom. The molecule has 3 atom stereocenters. The smallest absolute Gasteiger partial charge is 0.123 e. The highest BCUT2D eigenvalue weighted by Crippen LogP contribution is 2.30. The van der Waals surface area contributed by atoms with Crippen LogP contribution in [0, 0.1) is 0 Å². The Kier molecular flexibility index (Phi) is 6.40. The number of rotatable bonds is 7. The summed E-state index contributed by atoms with van der Waals surface area (Å²) in [6.45, 7) is 4.21. The maximum Gasteiger partial charge on any atom is 0.123 e. The summed E-state index contributed by atoms with van der Waals surface area (Å²) in [4.78, 5) is 0.841. The standard InChI is InChI=1S/C19H25NO3S/c1-13(15-6-9-17(10-7-15)24(5)21)20-14(2)18-12-16(22-3)8-11-19(18)23-4/h6-14,20H,1-5H3/t13-,14+,24+/m1/s1. The summed E-state index contributed by atoms with van der Waals surface area (Å²) >= 11 is 0. The minimum absolute atomic E-state index is 0.0880. The van der Waals surface area contributed by atoms with Gasteiger partial charge >= 0.3 is 0 Å². The molecule has 2 aromatic rings. The second-order valence-corrected chi connectivity index (χ2v) is 7.12. The SMILES string of the molecule is COc1ccc(OC)c([C@H](C)N[C@H](C)c2ccc([S@](C)=O)cc2)c1. The maximum absolute atomic E-state index is 11.5. The van der Waals surface area contributed by atoms with Crippen molar-refractivity contribution in [3.63, 3.8) is 0 Å². The zero-order chi connectivity index (χ0) is 17.7. The van der Waals surface area contributed by atoms with Gasteiger partial charge in [0.1, 0.15) is 11.5 Å². The molecule has 0 amide bonds. The highest BCUT2D eigenvalue weighted by atomic mass is 32.2. The van der Waals surface area contributed by atoms with Crippen LogP contribution >= 0.6 is 0 Å². The van der Waals surface area contributed by atoms with Gasteiger partial charge < -0.3 is 14.8 Å². The van der Waals surface area contributed by atoms with Crippen LogP contribution in [0.15, 0.2) is 47.4 Å². The Morgan fingerprint density at radius 1 is 0.958 bits per heavy atom. The second-order valence-electron chi connectivity index (χ2n) is 5.74. The van der Waals surface area contributed by atoms with Crippen molar-refractivity contribution in [2.24, 2.45) is 0 Å². The number of hydrogen-bond acceptors (Lipinski definition) is 4. The van der Waals surface area contributed by atoms with Crippen molar-refractivity contribution < 1.29 is 13.7 Å². The molecule has 0 aliphatic rings. The molecule has 0 aliphatic heterocycles. The summed E-state index contributed by atoms with van der Waals surface area (Å²) in [6.07, 6.45) is 1.69. The van der Waals surface area contributed by atoms with E-state index in [2.05, 4.69) is 19.2 Å². The Hall–Kier alpha value is -1.85. The summed E-state index contributed by atoms with van der Waals surface area (Å²) < 4.78 is 22.3. The molecule has 0 fully saturated rings. The van der Waals surface area contributed by atoms with Gasteiger partial charge in [0.15, 0.2) is 0 Å². The zero-order valence-corrected chi connectivity index (χ0v) is 15.6. The summed E-state index contributed by atoms with van der Waals surface area (Å²) in [5.74, 6) is 1.64. The molecule has 2 aromatic carbocycles. The first kappa shape index (κ1) is 18.5. The molecule has 0 aliphatic carbocycles. The van der Waals surface area contributed by atoms with Gasteiger partial charge in [0.05, 0.1) is 14.2 Å². The molecule has 0 aromatic heterocycles. The quantitative estimate of drug-likeness (QED) is 0.826. The van der Waals surface area contributed by atoms with Crippen LogP contribution in [0.3, 0.4) is 0 Å². The number of methoxy groups -OCH3 is 2.